The molecule has 114 valence electrons. The number of benzene rings is 2. The van der Waals surface area contributed by atoms with E-state index in [-0.39, 0.29) is 5.75 Å². The van der Waals surface area contributed by atoms with Crippen LogP contribution in [0.2, 0.25) is 0 Å². The van der Waals surface area contributed by atoms with E-state index in [0.717, 1.165) is 0 Å². The third-order valence-electron chi connectivity index (χ3n) is 2.77. The van der Waals surface area contributed by atoms with Gasteiger partial charge in [0.15, 0.2) is 0 Å². The average molecular weight is 304 g/mol. The summed E-state index contributed by atoms with van der Waals surface area (Å²) < 4.78 is 34.5. The van der Waals surface area contributed by atoms with Crippen LogP contribution < -0.4 is 14.8 Å². The zero-order valence-corrected chi connectivity index (χ0v) is 11.6. The molecule has 0 aliphatic carbocycles. The molecule has 2 rings (SSSR count). The first-order valence-corrected chi connectivity index (χ1v) is 6.59. The van der Waals surface area contributed by atoms with Crippen LogP contribution >= 0.6 is 0 Å². The number of para-hydroxylation sites is 2. The van der Waals surface area contributed by atoms with Crippen molar-refractivity contribution >= 4 is 5.69 Å². The number of anilines is 1. The number of alkyl halides is 2. The number of rotatable bonds is 7. The van der Waals surface area contributed by atoms with Gasteiger partial charge in [0, 0.05) is 6.54 Å². The topological polar surface area (TPSA) is 54.3 Å². The van der Waals surface area contributed by atoms with E-state index >= 15 is 0 Å². The molecule has 0 spiro atoms. The van der Waals surface area contributed by atoms with Gasteiger partial charge in [-0.3, -0.25) is 0 Å². The van der Waals surface area contributed by atoms with Crippen molar-refractivity contribution in [2.45, 2.75) is 6.61 Å². The Labute approximate surface area is 126 Å². The van der Waals surface area contributed by atoms with E-state index in [0.29, 0.717) is 30.2 Å². The zero-order valence-electron chi connectivity index (χ0n) is 11.6. The molecule has 0 aliphatic rings. The molecule has 0 aromatic heterocycles. The number of hydrogen-bond acceptors (Lipinski definition) is 4. The van der Waals surface area contributed by atoms with E-state index in [1.165, 1.54) is 6.07 Å². The van der Waals surface area contributed by atoms with Crippen molar-refractivity contribution in [1.82, 2.24) is 0 Å². The lowest BCUT2D eigenvalue weighted by Crippen LogP contribution is -2.13. The van der Waals surface area contributed by atoms with Gasteiger partial charge in [0.1, 0.15) is 18.1 Å². The Morgan fingerprint density at radius 2 is 1.82 bits per heavy atom. The predicted molar refractivity (Wildman–Crippen MR) is 78.2 cm³/mol. The smallest absolute Gasteiger partial charge is 0.387 e. The minimum absolute atomic E-state index is 0.0934. The van der Waals surface area contributed by atoms with Crippen LogP contribution in [0, 0.1) is 11.3 Å². The maximum absolute atomic E-state index is 12.3. The van der Waals surface area contributed by atoms with Crippen molar-refractivity contribution in [2.75, 3.05) is 18.5 Å². The Balaban J connectivity index is 1.82. The van der Waals surface area contributed by atoms with Gasteiger partial charge in [-0.2, -0.15) is 14.0 Å². The lowest BCUT2D eigenvalue weighted by atomic mass is 10.2. The molecule has 2 aromatic rings. The molecular formula is C16H14F2N2O2. The summed E-state index contributed by atoms with van der Waals surface area (Å²) in [5.41, 5.74) is 1.04. The van der Waals surface area contributed by atoms with Crippen LogP contribution in [0.1, 0.15) is 5.56 Å². The highest BCUT2D eigenvalue weighted by Crippen LogP contribution is 2.25. The fourth-order valence-corrected chi connectivity index (χ4v) is 1.79. The lowest BCUT2D eigenvalue weighted by Gasteiger charge is -2.13. The number of nitriles is 1. The van der Waals surface area contributed by atoms with Gasteiger partial charge in [-0.15, -0.1) is 0 Å². The largest absolute Gasteiger partial charge is 0.492 e. The lowest BCUT2D eigenvalue weighted by molar-refractivity contribution is -0.0493. The molecule has 0 saturated heterocycles. The predicted octanol–water partition coefficient (Wildman–Crippen LogP) is 3.65. The fourth-order valence-electron chi connectivity index (χ4n) is 1.79. The normalized spacial score (nSPS) is 10.1. The minimum Gasteiger partial charge on any atom is -0.492 e. The van der Waals surface area contributed by atoms with Crippen LogP contribution in [-0.4, -0.2) is 19.8 Å². The van der Waals surface area contributed by atoms with E-state index in [1.54, 1.807) is 42.5 Å². The van der Waals surface area contributed by atoms with Gasteiger partial charge in [-0.25, -0.2) is 0 Å². The third kappa shape index (κ3) is 4.63. The molecule has 0 radical (unpaired) electrons. The Bertz CT molecular complexity index is 639. The number of hydrogen-bond donors (Lipinski definition) is 1. The summed E-state index contributed by atoms with van der Waals surface area (Å²) in [6, 6.07) is 15.2. The van der Waals surface area contributed by atoms with E-state index in [2.05, 4.69) is 10.1 Å². The molecule has 6 heteroatoms. The Kier molecular flexibility index (Phi) is 5.55. The highest BCUT2D eigenvalue weighted by Gasteiger charge is 2.08. The van der Waals surface area contributed by atoms with Gasteiger partial charge in [-0.1, -0.05) is 12.1 Å². The maximum Gasteiger partial charge on any atom is 0.387 e. The third-order valence-corrected chi connectivity index (χ3v) is 2.77. The Morgan fingerprint density at radius 1 is 1.09 bits per heavy atom. The summed E-state index contributed by atoms with van der Waals surface area (Å²) in [4.78, 5) is 0. The molecule has 0 unspecified atom stereocenters. The summed E-state index contributed by atoms with van der Waals surface area (Å²) >= 11 is 0. The van der Waals surface area contributed by atoms with Gasteiger partial charge < -0.3 is 14.8 Å². The van der Waals surface area contributed by atoms with E-state index in [4.69, 9.17) is 10.00 Å². The second-order valence-corrected chi connectivity index (χ2v) is 4.29. The van der Waals surface area contributed by atoms with Crippen LogP contribution in [-0.2, 0) is 0 Å². The second-order valence-electron chi connectivity index (χ2n) is 4.29. The molecule has 0 saturated carbocycles. The Hall–Kier alpha value is -2.81. The van der Waals surface area contributed by atoms with Crippen LogP contribution in [0.25, 0.3) is 0 Å². The number of nitrogens with one attached hydrogen (secondary N) is 1. The van der Waals surface area contributed by atoms with Gasteiger partial charge in [0.25, 0.3) is 0 Å². The van der Waals surface area contributed by atoms with Gasteiger partial charge in [0.2, 0.25) is 0 Å². The number of nitrogens with zero attached hydrogens (tertiary/aromatic N) is 1. The average Bonchev–Trinajstić information content (AvgIpc) is 2.53. The van der Waals surface area contributed by atoms with Crippen molar-refractivity contribution in [3.05, 3.63) is 54.1 Å². The van der Waals surface area contributed by atoms with Crippen molar-refractivity contribution in [3.63, 3.8) is 0 Å². The van der Waals surface area contributed by atoms with Crippen LogP contribution in [0.15, 0.2) is 48.5 Å². The van der Waals surface area contributed by atoms with Gasteiger partial charge >= 0.3 is 6.61 Å². The zero-order chi connectivity index (χ0) is 15.8. The van der Waals surface area contributed by atoms with Crippen LogP contribution in [0.3, 0.4) is 0 Å². The molecule has 22 heavy (non-hydrogen) atoms. The highest BCUT2D eigenvalue weighted by molar-refractivity contribution is 5.56. The molecular weight excluding hydrogens is 290 g/mol. The monoisotopic (exact) mass is 304 g/mol. The van der Waals surface area contributed by atoms with Crippen molar-refractivity contribution in [1.29, 1.82) is 5.26 Å². The second kappa shape index (κ2) is 7.84. The summed E-state index contributed by atoms with van der Waals surface area (Å²) in [7, 11) is 0. The summed E-state index contributed by atoms with van der Waals surface area (Å²) in [5, 5.41) is 11.7. The molecule has 2 aromatic carbocycles. The van der Waals surface area contributed by atoms with Crippen molar-refractivity contribution in [3.8, 4) is 17.6 Å². The van der Waals surface area contributed by atoms with Gasteiger partial charge in [-0.05, 0) is 36.4 Å². The fraction of sp³-hybridized carbons (Fsp3) is 0.188. The quantitative estimate of drug-likeness (QED) is 0.793. The first-order valence-electron chi connectivity index (χ1n) is 6.59. The molecule has 0 atom stereocenters. The highest BCUT2D eigenvalue weighted by atomic mass is 19.3. The molecule has 0 aliphatic heterocycles. The molecule has 0 amide bonds. The van der Waals surface area contributed by atoms with Gasteiger partial charge in [0.05, 0.1) is 17.3 Å². The molecule has 0 fully saturated rings. The number of ether oxygens (including phenoxy) is 2. The molecule has 0 bridgehead atoms. The maximum atomic E-state index is 12.3. The standard InChI is InChI=1S/C16H14F2N2O2/c17-16(18)22-15-4-2-1-3-14(15)20-9-10-21-13-7-5-12(11-19)6-8-13/h1-8,16,20H,9-10H2. The summed E-state index contributed by atoms with van der Waals surface area (Å²) in [6.07, 6.45) is 0. The summed E-state index contributed by atoms with van der Waals surface area (Å²) in [6.45, 7) is -2.10. The van der Waals surface area contributed by atoms with E-state index in [1.807, 2.05) is 6.07 Å². The summed E-state index contributed by atoms with van der Waals surface area (Å²) in [5.74, 6) is 0.730. The Morgan fingerprint density at radius 3 is 2.50 bits per heavy atom. The first kappa shape index (κ1) is 15.6. The van der Waals surface area contributed by atoms with Crippen LogP contribution in [0.4, 0.5) is 14.5 Å². The van der Waals surface area contributed by atoms with Crippen molar-refractivity contribution < 1.29 is 18.3 Å². The van der Waals surface area contributed by atoms with E-state index in [9.17, 15) is 8.78 Å². The molecule has 4 nitrogen and oxygen atoms in total. The van der Waals surface area contributed by atoms with E-state index < -0.39 is 6.61 Å². The number of halogens is 2. The molecule has 1 N–H and O–H groups in total. The minimum atomic E-state index is -2.86. The SMILES string of the molecule is N#Cc1ccc(OCCNc2ccccc2OC(F)F)cc1. The van der Waals surface area contributed by atoms with Crippen LogP contribution in [0.5, 0.6) is 11.5 Å². The van der Waals surface area contributed by atoms with Crippen molar-refractivity contribution in [2.24, 2.45) is 0 Å². The first-order chi connectivity index (χ1) is 10.7. The molecule has 0 heterocycles.